The zero-order valence-electron chi connectivity index (χ0n) is 9.43. The molecule has 0 saturated heterocycles. The molecule has 3 nitrogen and oxygen atoms in total. The van der Waals surface area contributed by atoms with Gasteiger partial charge in [-0.25, -0.2) is 0 Å². The van der Waals surface area contributed by atoms with Crippen LogP contribution in [0.15, 0.2) is 12.1 Å². The molecule has 0 aliphatic carbocycles. The van der Waals surface area contributed by atoms with Crippen LogP contribution in [0.4, 0.5) is 5.69 Å². The van der Waals surface area contributed by atoms with Gasteiger partial charge in [-0.3, -0.25) is 4.79 Å². The highest BCUT2D eigenvalue weighted by Gasteiger charge is 2.18. The van der Waals surface area contributed by atoms with Gasteiger partial charge >= 0.3 is 0 Å². The van der Waals surface area contributed by atoms with E-state index in [-0.39, 0.29) is 17.9 Å². The topological polar surface area (TPSA) is 55.1 Å². The Kier molecular flexibility index (Phi) is 5.07. The Labute approximate surface area is 115 Å². The number of carbonyl (C=O) groups is 1. The summed E-state index contributed by atoms with van der Waals surface area (Å²) in [6.45, 7) is 3.51. The number of anilines is 1. The molecular formula is C11H13Cl3N2O. The molecule has 1 rings (SSSR count). The van der Waals surface area contributed by atoms with E-state index in [0.29, 0.717) is 20.8 Å². The Balaban J connectivity index is 2.89. The van der Waals surface area contributed by atoms with Gasteiger partial charge in [-0.15, -0.1) is 0 Å². The van der Waals surface area contributed by atoms with Crippen molar-refractivity contribution < 1.29 is 4.79 Å². The number of nitrogens with two attached hydrogens (primary N) is 1. The van der Waals surface area contributed by atoms with Crippen molar-refractivity contribution in [2.24, 2.45) is 11.7 Å². The van der Waals surface area contributed by atoms with E-state index >= 15 is 0 Å². The lowest BCUT2D eigenvalue weighted by molar-refractivity contribution is -0.119. The maximum absolute atomic E-state index is 11.8. The molecule has 0 heterocycles. The number of benzene rings is 1. The summed E-state index contributed by atoms with van der Waals surface area (Å²) in [7, 11) is 0. The molecule has 6 heteroatoms. The van der Waals surface area contributed by atoms with Crippen LogP contribution < -0.4 is 11.1 Å². The maximum atomic E-state index is 11.8. The van der Waals surface area contributed by atoms with E-state index in [1.54, 1.807) is 13.8 Å². The van der Waals surface area contributed by atoms with E-state index in [1.807, 2.05) is 0 Å². The molecule has 0 bridgehead atoms. The van der Waals surface area contributed by atoms with Crippen LogP contribution in [0, 0.1) is 5.92 Å². The normalized spacial score (nSPS) is 14.2. The first-order chi connectivity index (χ1) is 7.82. The van der Waals surface area contributed by atoms with Crippen molar-refractivity contribution in [2.45, 2.75) is 19.9 Å². The van der Waals surface area contributed by atoms with Crippen LogP contribution >= 0.6 is 34.8 Å². The summed E-state index contributed by atoms with van der Waals surface area (Å²) >= 11 is 17.6. The zero-order valence-corrected chi connectivity index (χ0v) is 11.7. The van der Waals surface area contributed by atoms with E-state index in [9.17, 15) is 4.79 Å². The Hall–Kier alpha value is -0.480. The largest absolute Gasteiger partial charge is 0.327 e. The molecule has 2 atom stereocenters. The minimum absolute atomic E-state index is 0.208. The molecule has 0 saturated carbocycles. The Morgan fingerprint density at radius 2 is 1.71 bits per heavy atom. The zero-order chi connectivity index (χ0) is 13.2. The van der Waals surface area contributed by atoms with Crippen LogP contribution in [0.5, 0.6) is 0 Å². The highest BCUT2D eigenvalue weighted by molar-refractivity contribution is 6.44. The van der Waals surface area contributed by atoms with Gasteiger partial charge in [-0.2, -0.15) is 0 Å². The molecule has 0 radical (unpaired) electrons. The number of hydrogen-bond acceptors (Lipinski definition) is 2. The van der Waals surface area contributed by atoms with E-state index < -0.39 is 0 Å². The van der Waals surface area contributed by atoms with Gasteiger partial charge in [0, 0.05) is 6.04 Å². The molecule has 0 spiro atoms. The van der Waals surface area contributed by atoms with Crippen molar-refractivity contribution in [3.05, 3.63) is 27.2 Å². The molecule has 1 aromatic rings. The van der Waals surface area contributed by atoms with Crippen LogP contribution in [-0.2, 0) is 4.79 Å². The van der Waals surface area contributed by atoms with E-state index in [4.69, 9.17) is 40.5 Å². The molecule has 0 aromatic heterocycles. The third-order valence-electron chi connectivity index (χ3n) is 2.47. The SMILES string of the molecule is CC(N)C(C)C(=O)Nc1cc(Cl)c(Cl)cc1Cl. The highest BCUT2D eigenvalue weighted by atomic mass is 35.5. The Bertz CT molecular complexity index is 435. The van der Waals surface area contributed by atoms with Gasteiger partial charge < -0.3 is 11.1 Å². The minimum Gasteiger partial charge on any atom is -0.327 e. The van der Waals surface area contributed by atoms with Crippen LogP contribution in [0.3, 0.4) is 0 Å². The first kappa shape index (κ1) is 14.6. The summed E-state index contributed by atoms with van der Waals surface area (Å²) in [4.78, 5) is 11.8. The minimum atomic E-state index is -0.319. The number of rotatable bonds is 3. The van der Waals surface area contributed by atoms with Crippen molar-refractivity contribution >= 4 is 46.4 Å². The van der Waals surface area contributed by atoms with E-state index in [1.165, 1.54) is 12.1 Å². The summed E-state index contributed by atoms with van der Waals surface area (Å²) in [5.41, 5.74) is 6.07. The molecule has 1 aromatic carbocycles. The molecule has 1 amide bonds. The number of nitrogens with one attached hydrogen (secondary N) is 1. The highest BCUT2D eigenvalue weighted by Crippen LogP contribution is 2.32. The van der Waals surface area contributed by atoms with Gasteiger partial charge in [-0.05, 0) is 19.1 Å². The van der Waals surface area contributed by atoms with Gasteiger partial charge in [0.1, 0.15) is 0 Å². The standard InChI is InChI=1S/C11H13Cl3N2O/c1-5(6(2)15)11(17)16-10-4-8(13)7(12)3-9(10)14/h3-6H,15H2,1-2H3,(H,16,17). The lowest BCUT2D eigenvalue weighted by Crippen LogP contribution is -2.34. The van der Waals surface area contributed by atoms with Crippen LogP contribution in [0.1, 0.15) is 13.8 Å². The van der Waals surface area contributed by atoms with Crippen LogP contribution in [0.2, 0.25) is 15.1 Å². The molecule has 0 aliphatic rings. The number of hydrogen-bond donors (Lipinski definition) is 2. The third-order valence-corrected chi connectivity index (χ3v) is 3.50. The third kappa shape index (κ3) is 3.75. The van der Waals surface area contributed by atoms with Crippen LogP contribution in [-0.4, -0.2) is 11.9 Å². The quantitative estimate of drug-likeness (QED) is 0.838. The summed E-state index contributed by atoms with van der Waals surface area (Å²) < 4.78 is 0. The fraction of sp³-hybridized carbons (Fsp3) is 0.364. The fourth-order valence-electron chi connectivity index (χ4n) is 1.10. The average molecular weight is 296 g/mol. The molecule has 94 valence electrons. The number of carbonyl (C=O) groups excluding carboxylic acids is 1. The molecule has 3 N–H and O–H groups in total. The second kappa shape index (κ2) is 5.91. The van der Waals surface area contributed by atoms with Crippen molar-refractivity contribution in [3.8, 4) is 0 Å². The van der Waals surface area contributed by atoms with Gasteiger partial charge in [0.15, 0.2) is 0 Å². The summed E-state index contributed by atoms with van der Waals surface area (Å²) in [6, 6.07) is 2.76. The monoisotopic (exact) mass is 294 g/mol. The summed E-state index contributed by atoms with van der Waals surface area (Å²) in [6.07, 6.45) is 0. The molecular weight excluding hydrogens is 282 g/mol. The number of amides is 1. The molecule has 2 unspecified atom stereocenters. The van der Waals surface area contributed by atoms with Gasteiger partial charge in [-0.1, -0.05) is 41.7 Å². The van der Waals surface area contributed by atoms with E-state index in [2.05, 4.69) is 5.32 Å². The number of halogens is 3. The predicted octanol–water partition coefficient (Wildman–Crippen LogP) is 3.57. The first-order valence-electron chi connectivity index (χ1n) is 5.04. The second-order valence-corrected chi connectivity index (χ2v) is 5.10. The predicted molar refractivity (Wildman–Crippen MR) is 72.9 cm³/mol. The first-order valence-corrected chi connectivity index (χ1v) is 6.17. The summed E-state index contributed by atoms with van der Waals surface area (Å²) in [5, 5.41) is 3.68. The average Bonchev–Trinajstić information content (AvgIpc) is 2.24. The lowest BCUT2D eigenvalue weighted by Gasteiger charge is -2.16. The summed E-state index contributed by atoms with van der Waals surface area (Å²) in [5.74, 6) is -0.527. The van der Waals surface area contributed by atoms with Crippen molar-refractivity contribution in [1.29, 1.82) is 0 Å². The van der Waals surface area contributed by atoms with Crippen LogP contribution in [0.25, 0.3) is 0 Å². The second-order valence-electron chi connectivity index (χ2n) is 3.88. The van der Waals surface area contributed by atoms with Gasteiger partial charge in [0.2, 0.25) is 5.91 Å². The molecule has 0 fully saturated rings. The van der Waals surface area contributed by atoms with Crippen molar-refractivity contribution in [2.75, 3.05) is 5.32 Å². The van der Waals surface area contributed by atoms with E-state index in [0.717, 1.165) is 0 Å². The molecule has 17 heavy (non-hydrogen) atoms. The van der Waals surface area contributed by atoms with Crippen molar-refractivity contribution in [1.82, 2.24) is 0 Å². The maximum Gasteiger partial charge on any atom is 0.228 e. The fourth-order valence-corrected chi connectivity index (χ4v) is 1.70. The van der Waals surface area contributed by atoms with Gasteiger partial charge in [0.05, 0.1) is 26.7 Å². The lowest BCUT2D eigenvalue weighted by atomic mass is 10.0. The molecule has 0 aliphatic heterocycles. The Morgan fingerprint density at radius 3 is 2.24 bits per heavy atom. The van der Waals surface area contributed by atoms with Crippen molar-refractivity contribution in [3.63, 3.8) is 0 Å². The smallest absolute Gasteiger partial charge is 0.228 e. The Morgan fingerprint density at radius 1 is 1.18 bits per heavy atom. The van der Waals surface area contributed by atoms with Gasteiger partial charge in [0.25, 0.3) is 0 Å².